The molecule has 0 aromatic carbocycles. The van der Waals surface area contributed by atoms with Crippen LogP contribution in [0.3, 0.4) is 0 Å². The molecule has 0 heteroatoms. The molecule has 0 fully saturated rings. The largest absolute Gasteiger partial charge is 0.102 e. The van der Waals surface area contributed by atoms with E-state index in [1.807, 2.05) is 0 Å². The molecule has 0 amide bonds. The second kappa shape index (κ2) is 2.89. The molecule has 0 bridgehead atoms. The summed E-state index contributed by atoms with van der Waals surface area (Å²) in [5.74, 6) is 7.79. The Morgan fingerprint density at radius 3 is 2.27 bits per heavy atom. The fourth-order valence-corrected chi connectivity index (χ4v) is 1.67. The Morgan fingerprint density at radius 2 is 2.00 bits per heavy atom. The van der Waals surface area contributed by atoms with Crippen molar-refractivity contribution in [2.75, 3.05) is 0 Å². The second-order valence-electron chi connectivity index (χ2n) is 4.87. The Labute approximate surface area is 70.4 Å². The summed E-state index contributed by atoms with van der Waals surface area (Å²) in [6.07, 6.45) is 2.43. The molecule has 0 nitrogen and oxygen atoms in total. The van der Waals surface area contributed by atoms with Gasteiger partial charge in [0.2, 0.25) is 0 Å². The van der Waals surface area contributed by atoms with Crippen molar-refractivity contribution in [3.63, 3.8) is 0 Å². The quantitative estimate of drug-likeness (QED) is 0.531. The van der Waals surface area contributed by atoms with E-state index in [0.717, 1.165) is 12.3 Å². The molecule has 2 atom stereocenters. The van der Waals surface area contributed by atoms with E-state index in [0.29, 0.717) is 11.3 Å². The van der Waals surface area contributed by atoms with E-state index < -0.39 is 0 Å². The summed E-state index contributed by atoms with van der Waals surface area (Å²) >= 11 is 0. The predicted octanol–water partition coefficient (Wildman–Crippen LogP) is 3.08. The lowest BCUT2D eigenvalue weighted by atomic mass is 9.76. The van der Waals surface area contributed by atoms with Gasteiger partial charge >= 0.3 is 0 Å². The number of rotatable bonds is 2. The van der Waals surface area contributed by atoms with Gasteiger partial charge in [0, 0.05) is 12.3 Å². The summed E-state index contributed by atoms with van der Waals surface area (Å²) in [5.41, 5.74) is 0.469. The maximum Gasteiger partial charge on any atom is 0.0338 e. The van der Waals surface area contributed by atoms with E-state index in [-0.39, 0.29) is 0 Å². The average Bonchev–Trinajstić information content (AvgIpc) is 1.50. The Kier molecular flexibility index (Phi) is 2.28. The van der Waals surface area contributed by atoms with Crippen LogP contribution in [0.2, 0.25) is 0 Å². The van der Waals surface area contributed by atoms with Crippen molar-refractivity contribution < 1.29 is 0 Å². The van der Waals surface area contributed by atoms with Gasteiger partial charge in [-0.2, -0.15) is 0 Å². The van der Waals surface area contributed by atoms with Crippen LogP contribution in [0.4, 0.5) is 0 Å². The van der Waals surface area contributed by atoms with E-state index in [1.165, 1.54) is 6.42 Å². The van der Waals surface area contributed by atoms with Crippen molar-refractivity contribution in [3.8, 4) is 11.8 Å². The third-order valence-corrected chi connectivity index (χ3v) is 2.23. The molecule has 0 aromatic heterocycles. The predicted molar refractivity (Wildman–Crippen MR) is 49.1 cm³/mol. The van der Waals surface area contributed by atoms with E-state index in [4.69, 9.17) is 0 Å². The summed E-state index contributed by atoms with van der Waals surface area (Å²) < 4.78 is 0. The molecule has 11 heavy (non-hydrogen) atoms. The first-order chi connectivity index (χ1) is 4.99. The Balaban J connectivity index is 2.33. The van der Waals surface area contributed by atoms with Crippen LogP contribution in [-0.2, 0) is 0 Å². The smallest absolute Gasteiger partial charge is 0.0338 e. The highest BCUT2D eigenvalue weighted by Crippen LogP contribution is 2.31. The molecule has 0 radical (unpaired) electrons. The molecular weight excluding hydrogens is 132 g/mol. The van der Waals surface area contributed by atoms with Gasteiger partial charge < -0.3 is 0 Å². The number of hydrogen-bond acceptors (Lipinski definition) is 0. The monoisotopic (exact) mass is 150 g/mol. The maximum atomic E-state index is 3.22. The van der Waals surface area contributed by atoms with Crippen molar-refractivity contribution >= 4 is 0 Å². The summed E-state index contributed by atoms with van der Waals surface area (Å²) in [6.45, 7) is 9.23. The van der Waals surface area contributed by atoms with E-state index in [2.05, 4.69) is 39.5 Å². The first-order valence-electron chi connectivity index (χ1n) is 4.47. The normalized spacial score (nSPS) is 24.9. The molecule has 1 aliphatic carbocycles. The zero-order valence-electron chi connectivity index (χ0n) is 8.07. The Morgan fingerprint density at radius 1 is 1.45 bits per heavy atom. The third-order valence-electron chi connectivity index (χ3n) is 2.23. The fraction of sp³-hybridized carbons (Fsp3) is 0.818. The van der Waals surface area contributed by atoms with Crippen molar-refractivity contribution in [2.24, 2.45) is 17.3 Å². The van der Waals surface area contributed by atoms with Crippen LogP contribution >= 0.6 is 0 Å². The molecule has 0 aliphatic heterocycles. The van der Waals surface area contributed by atoms with Crippen molar-refractivity contribution in [2.45, 2.75) is 40.5 Å². The molecule has 0 N–H and O–H groups in total. The molecule has 1 aliphatic rings. The molecule has 62 valence electrons. The van der Waals surface area contributed by atoms with E-state index >= 15 is 0 Å². The van der Waals surface area contributed by atoms with Crippen molar-refractivity contribution in [1.82, 2.24) is 0 Å². The van der Waals surface area contributed by atoms with Crippen LogP contribution in [0.25, 0.3) is 0 Å². The van der Waals surface area contributed by atoms with Gasteiger partial charge in [-0.15, -0.1) is 5.92 Å². The maximum absolute atomic E-state index is 3.22. The lowest BCUT2D eigenvalue weighted by Gasteiger charge is -2.28. The lowest BCUT2D eigenvalue weighted by molar-refractivity contribution is 0.266. The van der Waals surface area contributed by atoms with Crippen molar-refractivity contribution in [3.05, 3.63) is 0 Å². The fourth-order valence-electron chi connectivity index (χ4n) is 1.67. The zero-order valence-corrected chi connectivity index (χ0v) is 8.07. The van der Waals surface area contributed by atoms with Gasteiger partial charge in [-0.05, 0) is 17.8 Å². The van der Waals surface area contributed by atoms with Crippen molar-refractivity contribution in [1.29, 1.82) is 0 Å². The molecule has 0 spiro atoms. The van der Waals surface area contributed by atoms with Gasteiger partial charge in [0.1, 0.15) is 0 Å². The summed E-state index contributed by atoms with van der Waals surface area (Å²) in [7, 11) is 0. The van der Waals surface area contributed by atoms with Crippen LogP contribution in [0, 0.1) is 29.1 Å². The lowest BCUT2D eigenvalue weighted by Crippen LogP contribution is -2.20. The van der Waals surface area contributed by atoms with E-state index in [1.54, 1.807) is 0 Å². The minimum Gasteiger partial charge on any atom is -0.102 e. The summed E-state index contributed by atoms with van der Waals surface area (Å²) in [5, 5.41) is 0. The van der Waals surface area contributed by atoms with Crippen LogP contribution in [0.5, 0.6) is 0 Å². The molecule has 0 heterocycles. The summed E-state index contributed by atoms with van der Waals surface area (Å²) in [6, 6.07) is 0. The van der Waals surface area contributed by atoms with Gasteiger partial charge in [-0.25, -0.2) is 0 Å². The zero-order chi connectivity index (χ0) is 8.48. The van der Waals surface area contributed by atoms with Gasteiger partial charge in [-0.3, -0.25) is 0 Å². The second-order valence-corrected chi connectivity index (χ2v) is 4.87. The highest BCUT2D eigenvalue weighted by Gasteiger charge is 2.23. The SMILES string of the molecule is CC(CC(C)(C)C)C1C#CC1. The van der Waals surface area contributed by atoms with Crippen LogP contribution in [0.1, 0.15) is 40.5 Å². The number of hydrogen-bond donors (Lipinski definition) is 0. The molecule has 0 saturated heterocycles. The van der Waals surface area contributed by atoms with Gasteiger partial charge in [0.05, 0.1) is 0 Å². The molecule has 0 aromatic rings. The highest BCUT2D eigenvalue weighted by atomic mass is 14.3. The van der Waals surface area contributed by atoms with E-state index in [9.17, 15) is 0 Å². The van der Waals surface area contributed by atoms with Crippen LogP contribution in [0.15, 0.2) is 0 Å². The first-order valence-corrected chi connectivity index (χ1v) is 4.47. The molecule has 2 unspecified atom stereocenters. The molecular formula is C11H18. The van der Waals surface area contributed by atoms with Gasteiger partial charge in [0.25, 0.3) is 0 Å². The Bertz CT molecular complexity index is 184. The topological polar surface area (TPSA) is 0 Å². The Hall–Kier alpha value is -0.440. The summed E-state index contributed by atoms with van der Waals surface area (Å²) in [4.78, 5) is 0. The van der Waals surface area contributed by atoms with Crippen LogP contribution < -0.4 is 0 Å². The van der Waals surface area contributed by atoms with Gasteiger partial charge in [0.15, 0.2) is 0 Å². The van der Waals surface area contributed by atoms with Crippen LogP contribution in [-0.4, -0.2) is 0 Å². The highest BCUT2D eigenvalue weighted by molar-refractivity contribution is 5.17. The third kappa shape index (κ3) is 2.58. The molecule has 1 rings (SSSR count). The molecule has 0 saturated carbocycles. The standard InChI is InChI=1S/C11H18/c1-9(8-11(2,3)4)10-6-5-7-10/h9-10H,6,8H2,1-4H3. The average molecular weight is 150 g/mol. The van der Waals surface area contributed by atoms with Gasteiger partial charge in [-0.1, -0.05) is 33.6 Å². The minimum absolute atomic E-state index is 0.469. The first kappa shape index (κ1) is 8.65. The minimum atomic E-state index is 0.469.